The maximum atomic E-state index is 14.4. The molecule has 0 bridgehead atoms. The number of hydrogen-bond donors (Lipinski definition) is 0. The monoisotopic (exact) mass is 560 g/mol. The van der Waals surface area contributed by atoms with E-state index in [2.05, 4.69) is 4.90 Å². The van der Waals surface area contributed by atoms with Gasteiger partial charge in [-0.05, 0) is 70.0 Å². The minimum atomic E-state index is -3.95. The van der Waals surface area contributed by atoms with Crippen molar-refractivity contribution in [3.63, 3.8) is 0 Å². The first-order valence-electron chi connectivity index (χ1n) is 11.5. The summed E-state index contributed by atoms with van der Waals surface area (Å²) < 4.78 is 49.4. The molecule has 1 unspecified atom stereocenters. The van der Waals surface area contributed by atoms with Crippen molar-refractivity contribution in [3.8, 4) is 5.75 Å². The molecule has 0 saturated carbocycles. The van der Waals surface area contributed by atoms with Gasteiger partial charge in [0.25, 0.3) is 9.05 Å². The van der Waals surface area contributed by atoms with Crippen LogP contribution in [0.15, 0.2) is 41.3 Å². The summed E-state index contributed by atoms with van der Waals surface area (Å²) in [4.78, 5) is 16.3. The van der Waals surface area contributed by atoms with Gasteiger partial charge < -0.3 is 14.4 Å². The lowest BCUT2D eigenvalue weighted by atomic mass is 10.0. The van der Waals surface area contributed by atoms with Crippen LogP contribution in [0.25, 0.3) is 0 Å². The molecular formula is C25H31Cl2FN2O5S. The van der Waals surface area contributed by atoms with Gasteiger partial charge in [0.2, 0.25) is 0 Å². The molecule has 1 amide bonds. The molecule has 1 aliphatic rings. The molecule has 11 heteroatoms. The van der Waals surface area contributed by atoms with E-state index in [9.17, 15) is 17.6 Å². The third-order valence-electron chi connectivity index (χ3n) is 5.79. The third kappa shape index (κ3) is 7.47. The number of piperazine rings is 1. The zero-order valence-electron chi connectivity index (χ0n) is 20.9. The Morgan fingerprint density at radius 3 is 2.44 bits per heavy atom. The van der Waals surface area contributed by atoms with Crippen LogP contribution in [0.3, 0.4) is 0 Å². The molecular weight excluding hydrogens is 530 g/mol. The summed E-state index contributed by atoms with van der Waals surface area (Å²) in [6, 6.07) is 8.72. The molecule has 1 aliphatic heterocycles. The number of amides is 1. The second kappa shape index (κ2) is 11.1. The largest absolute Gasteiger partial charge is 0.483 e. The quantitative estimate of drug-likeness (QED) is 0.417. The summed E-state index contributed by atoms with van der Waals surface area (Å²) in [7, 11) is 1.46. The van der Waals surface area contributed by atoms with Gasteiger partial charge in [-0.1, -0.05) is 23.7 Å². The zero-order chi connectivity index (χ0) is 26.8. The SMILES string of the molecule is Cc1ccc(C(CN2CCN(C(=O)OC(C)(C)C)[C@H](C)C2)Oc2ccc(S(=O)(=O)Cl)cc2Cl)cc1F. The van der Waals surface area contributed by atoms with Crippen LogP contribution in [0.4, 0.5) is 9.18 Å². The van der Waals surface area contributed by atoms with E-state index in [4.69, 9.17) is 31.8 Å². The fourth-order valence-corrected chi connectivity index (χ4v) is 4.99. The minimum absolute atomic E-state index is 0.0671. The van der Waals surface area contributed by atoms with Gasteiger partial charge in [0, 0.05) is 42.9 Å². The van der Waals surface area contributed by atoms with Crippen LogP contribution in [-0.4, -0.2) is 62.1 Å². The molecule has 0 radical (unpaired) electrons. The van der Waals surface area contributed by atoms with Gasteiger partial charge in [0.1, 0.15) is 23.3 Å². The van der Waals surface area contributed by atoms with Crippen LogP contribution in [0.1, 0.15) is 44.9 Å². The normalized spacial score (nSPS) is 18.1. The van der Waals surface area contributed by atoms with Gasteiger partial charge in [-0.25, -0.2) is 17.6 Å². The number of halogens is 3. The first-order chi connectivity index (χ1) is 16.6. The molecule has 2 aromatic carbocycles. The van der Waals surface area contributed by atoms with E-state index >= 15 is 0 Å². The molecule has 36 heavy (non-hydrogen) atoms. The first-order valence-corrected chi connectivity index (χ1v) is 14.2. The molecule has 198 valence electrons. The first kappa shape index (κ1) is 28.5. The number of ether oxygens (including phenoxy) is 2. The number of hydrogen-bond acceptors (Lipinski definition) is 6. The standard InChI is InChI=1S/C25H31Cl2FN2O5S/c1-16-6-7-18(12-21(16)28)23(34-22-9-8-19(13-20(22)26)36(27,32)33)15-29-10-11-30(17(2)14-29)24(31)35-25(3,4)5/h6-9,12-13,17,23H,10-11,14-15H2,1-5H3/t17-,23?/m1/s1. The highest BCUT2D eigenvalue weighted by molar-refractivity contribution is 8.13. The topological polar surface area (TPSA) is 76.2 Å². The Morgan fingerprint density at radius 2 is 1.89 bits per heavy atom. The molecule has 2 atom stereocenters. The van der Waals surface area contributed by atoms with E-state index in [0.717, 1.165) is 0 Å². The number of carbonyl (C=O) groups excluding carboxylic acids is 1. The van der Waals surface area contributed by atoms with E-state index in [-0.39, 0.29) is 33.6 Å². The molecule has 0 N–H and O–H groups in total. The summed E-state index contributed by atoms with van der Waals surface area (Å²) in [5, 5.41) is 0.0671. The fraction of sp³-hybridized carbons (Fsp3) is 0.480. The Kier molecular flexibility index (Phi) is 8.81. The van der Waals surface area contributed by atoms with Crippen LogP contribution >= 0.6 is 22.3 Å². The Labute approximate surface area is 221 Å². The van der Waals surface area contributed by atoms with Crippen molar-refractivity contribution >= 4 is 37.4 Å². The maximum Gasteiger partial charge on any atom is 0.410 e. The molecule has 1 saturated heterocycles. The summed E-state index contributed by atoms with van der Waals surface area (Å²) >= 11 is 6.30. The van der Waals surface area contributed by atoms with Crippen LogP contribution < -0.4 is 4.74 Å². The van der Waals surface area contributed by atoms with Crippen LogP contribution in [0.5, 0.6) is 5.75 Å². The second-order valence-electron chi connectivity index (χ2n) is 9.93. The number of benzene rings is 2. The molecule has 1 fully saturated rings. The maximum absolute atomic E-state index is 14.4. The Hall–Kier alpha value is -2.07. The van der Waals surface area contributed by atoms with Gasteiger partial charge in [0.15, 0.2) is 0 Å². The summed E-state index contributed by atoms with van der Waals surface area (Å²) in [6.45, 7) is 11.1. The highest BCUT2D eigenvalue weighted by atomic mass is 35.7. The van der Waals surface area contributed by atoms with Crippen LogP contribution in [-0.2, 0) is 13.8 Å². The van der Waals surface area contributed by atoms with Gasteiger partial charge in [-0.3, -0.25) is 4.90 Å². The molecule has 0 spiro atoms. The lowest BCUT2D eigenvalue weighted by Gasteiger charge is -2.41. The number of rotatable bonds is 6. The van der Waals surface area contributed by atoms with E-state index in [1.807, 2.05) is 27.7 Å². The molecule has 0 aliphatic carbocycles. The minimum Gasteiger partial charge on any atom is -0.483 e. The molecule has 3 rings (SSSR count). The van der Waals surface area contributed by atoms with Gasteiger partial charge in [-0.2, -0.15) is 0 Å². The average molecular weight is 562 g/mol. The molecule has 2 aromatic rings. The predicted octanol–water partition coefficient (Wildman–Crippen LogP) is 5.78. The van der Waals surface area contributed by atoms with Crippen molar-refractivity contribution in [1.29, 1.82) is 0 Å². The fourth-order valence-electron chi connectivity index (χ4n) is 3.93. The Balaban J connectivity index is 1.81. The second-order valence-corrected chi connectivity index (χ2v) is 12.9. The number of aryl methyl sites for hydroxylation is 1. The lowest BCUT2D eigenvalue weighted by Crippen LogP contribution is -2.55. The van der Waals surface area contributed by atoms with Gasteiger partial charge >= 0.3 is 6.09 Å². The van der Waals surface area contributed by atoms with Crippen molar-refractivity contribution in [3.05, 3.63) is 58.4 Å². The highest BCUT2D eigenvalue weighted by Crippen LogP contribution is 2.33. The smallest absolute Gasteiger partial charge is 0.410 e. The molecule has 0 aromatic heterocycles. The zero-order valence-corrected chi connectivity index (χ0v) is 23.3. The van der Waals surface area contributed by atoms with E-state index < -0.39 is 20.8 Å². The van der Waals surface area contributed by atoms with E-state index in [1.165, 1.54) is 24.3 Å². The third-order valence-corrected chi connectivity index (χ3v) is 7.43. The number of carbonyl (C=O) groups is 1. The van der Waals surface area contributed by atoms with Crippen molar-refractivity contribution in [2.24, 2.45) is 0 Å². The highest BCUT2D eigenvalue weighted by Gasteiger charge is 2.32. The molecule has 7 nitrogen and oxygen atoms in total. The summed E-state index contributed by atoms with van der Waals surface area (Å²) in [5.41, 5.74) is 0.525. The van der Waals surface area contributed by atoms with Crippen LogP contribution in [0, 0.1) is 12.7 Å². The average Bonchev–Trinajstić information content (AvgIpc) is 2.74. The van der Waals surface area contributed by atoms with Gasteiger partial charge in [0.05, 0.1) is 9.92 Å². The van der Waals surface area contributed by atoms with Crippen molar-refractivity contribution < 1.29 is 27.1 Å². The summed E-state index contributed by atoms with van der Waals surface area (Å²) in [6.07, 6.45) is -0.972. The predicted molar refractivity (Wildman–Crippen MR) is 138 cm³/mol. The van der Waals surface area contributed by atoms with E-state index in [0.29, 0.717) is 37.3 Å². The van der Waals surface area contributed by atoms with E-state index in [1.54, 1.807) is 24.0 Å². The van der Waals surface area contributed by atoms with Crippen molar-refractivity contribution in [2.45, 2.75) is 57.3 Å². The van der Waals surface area contributed by atoms with Crippen molar-refractivity contribution in [2.75, 3.05) is 26.2 Å². The Bertz CT molecular complexity index is 1220. The van der Waals surface area contributed by atoms with Crippen LogP contribution in [0.2, 0.25) is 5.02 Å². The lowest BCUT2D eigenvalue weighted by molar-refractivity contribution is -0.00299. The van der Waals surface area contributed by atoms with Crippen molar-refractivity contribution in [1.82, 2.24) is 9.80 Å². The molecule has 1 heterocycles. The Morgan fingerprint density at radius 1 is 1.19 bits per heavy atom. The number of nitrogens with zero attached hydrogens (tertiary/aromatic N) is 2. The summed E-state index contributed by atoms with van der Waals surface area (Å²) in [5.74, 6) is -0.119. The van der Waals surface area contributed by atoms with Gasteiger partial charge in [-0.15, -0.1) is 0 Å².